The minimum atomic E-state index is -0.0622. The van der Waals surface area contributed by atoms with Gasteiger partial charge >= 0.3 is 0 Å². The molecule has 0 atom stereocenters. The minimum absolute atomic E-state index is 0.0622. The molecule has 5 heteroatoms. The minimum Gasteiger partial charge on any atom is -0.357 e. The Labute approximate surface area is 155 Å². The maximum absolute atomic E-state index is 11.7. The lowest BCUT2D eigenvalue weighted by Crippen LogP contribution is -2.38. The highest BCUT2D eigenvalue weighted by Crippen LogP contribution is 2.06. The molecular weight excluding hydrogens is 324 g/mol. The Balaban J connectivity index is 1.92. The maximum atomic E-state index is 11.7. The van der Waals surface area contributed by atoms with Gasteiger partial charge in [-0.05, 0) is 43.5 Å². The maximum Gasteiger partial charge on any atom is 0.251 e. The van der Waals surface area contributed by atoms with Gasteiger partial charge in [-0.1, -0.05) is 42.0 Å². The number of aliphatic imine (C=N–C) groups is 1. The second-order valence-electron chi connectivity index (χ2n) is 6.14. The van der Waals surface area contributed by atoms with E-state index in [1.165, 1.54) is 11.1 Å². The number of hydrogen-bond donors (Lipinski definition) is 3. The normalized spacial score (nSPS) is 11.1. The Morgan fingerprint density at radius 1 is 1.04 bits per heavy atom. The van der Waals surface area contributed by atoms with Crippen molar-refractivity contribution in [2.75, 3.05) is 20.1 Å². The van der Waals surface area contributed by atoms with Gasteiger partial charge in [-0.2, -0.15) is 0 Å². The van der Waals surface area contributed by atoms with Crippen molar-refractivity contribution in [2.45, 2.75) is 26.8 Å². The van der Waals surface area contributed by atoms with E-state index in [1.54, 1.807) is 7.05 Å². The van der Waals surface area contributed by atoms with E-state index in [0.717, 1.165) is 31.0 Å². The molecule has 2 aromatic rings. The highest BCUT2D eigenvalue weighted by Gasteiger charge is 2.04. The van der Waals surface area contributed by atoms with Gasteiger partial charge in [0.1, 0.15) is 0 Å². The molecule has 2 aromatic carbocycles. The van der Waals surface area contributed by atoms with Crippen LogP contribution in [0.25, 0.3) is 0 Å². The van der Waals surface area contributed by atoms with Crippen LogP contribution < -0.4 is 16.0 Å². The number of hydrogen-bond acceptors (Lipinski definition) is 2. The van der Waals surface area contributed by atoms with Crippen LogP contribution in [-0.4, -0.2) is 32.0 Å². The van der Waals surface area contributed by atoms with E-state index < -0.39 is 0 Å². The molecule has 1 amide bonds. The van der Waals surface area contributed by atoms with Gasteiger partial charge in [0, 0.05) is 25.7 Å². The topological polar surface area (TPSA) is 65.5 Å². The number of nitrogens with zero attached hydrogens (tertiary/aromatic N) is 1. The van der Waals surface area contributed by atoms with Crippen LogP contribution in [-0.2, 0) is 13.0 Å². The van der Waals surface area contributed by atoms with Crippen molar-refractivity contribution in [2.24, 2.45) is 4.99 Å². The first kappa shape index (κ1) is 19.5. The van der Waals surface area contributed by atoms with E-state index in [4.69, 9.17) is 0 Å². The quantitative estimate of drug-likeness (QED) is 0.530. The average Bonchev–Trinajstić information content (AvgIpc) is 2.66. The third-order valence-corrected chi connectivity index (χ3v) is 3.97. The van der Waals surface area contributed by atoms with Gasteiger partial charge in [0.25, 0.3) is 5.91 Å². The molecule has 0 unspecified atom stereocenters. The second kappa shape index (κ2) is 10.2. The van der Waals surface area contributed by atoms with Crippen LogP contribution in [0.2, 0.25) is 0 Å². The van der Waals surface area contributed by atoms with Gasteiger partial charge < -0.3 is 16.0 Å². The fraction of sp³-hybridized carbons (Fsp3) is 0.333. The molecule has 0 fully saturated rings. The number of benzene rings is 2. The van der Waals surface area contributed by atoms with Crippen molar-refractivity contribution in [3.05, 3.63) is 70.8 Å². The Morgan fingerprint density at radius 3 is 2.54 bits per heavy atom. The Kier molecular flexibility index (Phi) is 7.68. The summed E-state index contributed by atoms with van der Waals surface area (Å²) in [6, 6.07) is 16.1. The summed E-state index contributed by atoms with van der Waals surface area (Å²) in [4.78, 5) is 16.4. The molecule has 0 aliphatic rings. The van der Waals surface area contributed by atoms with Crippen molar-refractivity contribution < 1.29 is 4.79 Å². The third-order valence-electron chi connectivity index (χ3n) is 3.97. The van der Waals surface area contributed by atoms with Crippen molar-refractivity contribution in [3.8, 4) is 0 Å². The van der Waals surface area contributed by atoms with Gasteiger partial charge in [-0.3, -0.25) is 4.79 Å². The van der Waals surface area contributed by atoms with Crippen molar-refractivity contribution in [1.82, 2.24) is 16.0 Å². The van der Waals surface area contributed by atoms with Crippen LogP contribution in [0.15, 0.2) is 53.5 Å². The summed E-state index contributed by atoms with van der Waals surface area (Å²) in [7, 11) is 1.64. The molecule has 5 nitrogen and oxygen atoms in total. The Bertz CT molecular complexity index is 755. The van der Waals surface area contributed by atoms with E-state index in [0.29, 0.717) is 12.1 Å². The number of aryl methyl sites for hydroxylation is 1. The van der Waals surface area contributed by atoms with Crippen LogP contribution in [0.3, 0.4) is 0 Å². The SMILES string of the molecule is CCNC(=NCc1cccc(C)c1)NCCc1cccc(C(=O)NC)c1. The van der Waals surface area contributed by atoms with E-state index >= 15 is 0 Å². The van der Waals surface area contributed by atoms with Crippen LogP contribution in [0.5, 0.6) is 0 Å². The summed E-state index contributed by atoms with van der Waals surface area (Å²) < 4.78 is 0. The molecule has 0 spiro atoms. The molecule has 26 heavy (non-hydrogen) atoms. The van der Waals surface area contributed by atoms with E-state index in [1.807, 2.05) is 24.3 Å². The van der Waals surface area contributed by atoms with Gasteiger partial charge in [-0.25, -0.2) is 4.99 Å². The number of carbonyl (C=O) groups is 1. The van der Waals surface area contributed by atoms with Crippen LogP contribution in [0.1, 0.15) is 34.0 Å². The molecule has 0 aromatic heterocycles. The van der Waals surface area contributed by atoms with Gasteiger partial charge in [0.15, 0.2) is 5.96 Å². The summed E-state index contributed by atoms with van der Waals surface area (Å²) in [6.07, 6.45) is 0.819. The number of rotatable bonds is 7. The fourth-order valence-corrected chi connectivity index (χ4v) is 2.66. The standard InChI is InChI=1S/C21H28N4O/c1-4-23-21(25-15-18-9-5-7-16(2)13-18)24-12-11-17-8-6-10-19(14-17)20(26)22-3/h5-10,13-14H,4,11-12,15H2,1-3H3,(H,22,26)(H2,23,24,25). The molecule has 0 radical (unpaired) electrons. The molecule has 0 saturated heterocycles. The highest BCUT2D eigenvalue weighted by molar-refractivity contribution is 5.94. The lowest BCUT2D eigenvalue weighted by Gasteiger charge is -2.12. The van der Waals surface area contributed by atoms with Crippen molar-refractivity contribution >= 4 is 11.9 Å². The zero-order valence-corrected chi connectivity index (χ0v) is 15.8. The molecule has 2 rings (SSSR count). The van der Waals surface area contributed by atoms with E-state index in [-0.39, 0.29) is 5.91 Å². The zero-order valence-electron chi connectivity index (χ0n) is 15.8. The number of amides is 1. The summed E-state index contributed by atoms with van der Waals surface area (Å²) in [5, 5.41) is 9.27. The average molecular weight is 352 g/mol. The molecule has 0 bridgehead atoms. The Morgan fingerprint density at radius 2 is 1.81 bits per heavy atom. The molecule has 3 N–H and O–H groups in total. The fourth-order valence-electron chi connectivity index (χ4n) is 2.66. The van der Waals surface area contributed by atoms with Gasteiger partial charge in [-0.15, -0.1) is 0 Å². The lowest BCUT2D eigenvalue weighted by molar-refractivity contribution is 0.0963. The monoisotopic (exact) mass is 352 g/mol. The first-order valence-corrected chi connectivity index (χ1v) is 9.01. The highest BCUT2D eigenvalue weighted by atomic mass is 16.1. The predicted molar refractivity (Wildman–Crippen MR) is 108 cm³/mol. The third kappa shape index (κ3) is 6.24. The van der Waals surface area contributed by atoms with E-state index in [2.05, 4.69) is 59.1 Å². The molecule has 0 aliphatic heterocycles. The molecule has 0 heterocycles. The lowest BCUT2D eigenvalue weighted by atomic mass is 10.1. The largest absolute Gasteiger partial charge is 0.357 e. The van der Waals surface area contributed by atoms with Crippen LogP contribution >= 0.6 is 0 Å². The van der Waals surface area contributed by atoms with Gasteiger partial charge in [0.2, 0.25) is 0 Å². The summed E-state index contributed by atoms with van der Waals surface area (Å²) in [5.41, 5.74) is 4.24. The first-order valence-electron chi connectivity index (χ1n) is 9.01. The molecular formula is C21H28N4O. The molecule has 0 aliphatic carbocycles. The molecule has 0 saturated carbocycles. The van der Waals surface area contributed by atoms with Gasteiger partial charge in [0.05, 0.1) is 6.54 Å². The zero-order chi connectivity index (χ0) is 18.8. The number of guanidine groups is 1. The predicted octanol–water partition coefficient (Wildman–Crippen LogP) is 2.65. The summed E-state index contributed by atoms with van der Waals surface area (Å²) >= 11 is 0. The van der Waals surface area contributed by atoms with Crippen molar-refractivity contribution in [3.63, 3.8) is 0 Å². The number of nitrogens with one attached hydrogen (secondary N) is 3. The van der Waals surface area contributed by atoms with Crippen LogP contribution in [0, 0.1) is 6.92 Å². The smallest absolute Gasteiger partial charge is 0.251 e. The first-order chi connectivity index (χ1) is 12.6. The van der Waals surface area contributed by atoms with Crippen LogP contribution in [0.4, 0.5) is 0 Å². The summed E-state index contributed by atoms with van der Waals surface area (Å²) in [5.74, 6) is 0.740. The number of carbonyl (C=O) groups excluding carboxylic acids is 1. The Hall–Kier alpha value is -2.82. The molecule has 138 valence electrons. The van der Waals surface area contributed by atoms with Crippen molar-refractivity contribution in [1.29, 1.82) is 0 Å². The summed E-state index contributed by atoms with van der Waals surface area (Å²) in [6.45, 7) is 6.34. The van der Waals surface area contributed by atoms with E-state index in [9.17, 15) is 4.79 Å². The second-order valence-corrected chi connectivity index (χ2v) is 6.14.